The first-order valence-electron chi connectivity index (χ1n) is 9.16. The lowest BCUT2D eigenvalue weighted by Gasteiger charge is -2.32. The van der Waals surface area contributed by atoms with Gasteiger partial charge >= 0.3 is 6.03 Å². The molecule has 144 valence electrons. The minimum atomic E-state index is -0.0899. The third-order valence-electron chi connectivity index (χ3n) is 4.69. The molecule has 27 heavy (non-hydrogen) atoms. The lowest BCUT2D eigenvalue weighted by Crippen LogP contribution is -2.45. The zero-order valence-electron chi connectivity index (χ0n) is 15.7. The number of benzene rings is 1. The van der Waals surface area contributed by atoms with Crippen LogP contribution in [0.3, 0.4) is 0 Å². The molecule has 0 unspecified atom stereocenters. The molecule has 7 nitrogen and oxygen atoms in total. The van der Waals surface area contributed by atoms with Crippen molar-refractivity contribution in [2.45, 2.75) is 25.7 Å². The summed E-state index contributed by atoms with van der Waals surface area (Å²) in [5.74, 6) is -0.120. The van der Waals surface area contributed by atoms with E-state index in [0.717, 1.165) is 17.8 Å². The Bertz CT molecular complexity index is 769. The average molecular weight is 388 g/mol. The second-order valence-electron chi connectivity index (χ2n) is 6.91. The normalized spacial score (nSPS) is 14.8. The highest BCUT2D eigenvalue weighted by Gasteiger charge is 2.28. The highest BCUT2D eigenvalue weighted by atomic mass is 32.1. The fraction of sp³-hybridized carbons (Fsp3) is 0.474. The largest absolute Gasteiger partial charge is 0.331 e. The van der Waals surface area contributed by atoms with Crippen LogP contribution in [0.1, 0.15) is 23.4 Å². The van der Waals surface area contributed by atoms with Gasteiger partial charge in [-0.3, -0.25) is 4.79 Å². The summed E-state index contributed by atoms with van der Waals surface area (Å²) < 4.78 is 0. The Labute approximate surface area is 163 Å². The van der Waals surface area contributed by atoms with Gasteiger partial charge < -0.3 is 15.1 Å². The van der Waals surface area contributed by atoms with Gasteiger partial charge in [-0.2, -0.15) is 0 Å². The number of urea groups is 1. The summed E-state index contributed by atoms with van der Waals surface area (Å²) in [6, 6.07) is 10.2. The van der Waals surface area contributed by atoms with Crippen molar-refractivity contribution in [2.24, 2.45) is 5.92 Å². The summed E-state index contributed by atoms with van der Waals surface area (Å²) >= 11 is 1.43. The van der Waals surface area contributed by atoms with Crippen LogP contribution < -0.4 is 5.32 Å². The second kappa shape index (κ2) is 8.94. The monoisotopic (exact) mass is 387 g/mol. The first kappa shape index (κ1) is 19.3. The van der Waals surface area contributed by atoms with Crippen molar-refractivity contribution < 1.29 is 9.59 Å². The molecule has 0 saturated carbocycles. The van der Waals surface area contributed by atoms with E-state index < -0.39 is 0 Å². The maximum absolute atomic E-state index is 12.5. The molecule has 1 aliphatic heterocycles. The highest BCUT2D eigenvalue weighted by molar-refractivity contribution is 7.15. The number of nitrogens with zero attached hydrogens (tertiary/aromatic N) is 4. The number of nitrogens with one attached hydrogen (secondary N) is 1. The topological polar surface area (TPSA) is 78.4 Å². The van der Waals surface area contributed by atoms with Crippen LogP contribution >= 0.6 is 11.3 Å². The summed E-state index contributed by atoms with van der Waals surface area (Å²) in [6.07, 6.45) is 3.06. The van der Waals surface area contributed by atoms with E-state index in [1.807, 2.05) is 18.2 Å². The van der Waals surface area contributed by atoms with Crippen molar-refractivity contribution in [3.8, 4) is 0 Å². The third kappa shape index (κ3) is 5.26. The Morgan fingerprint density at radius 3 is 2.52 bits per heavy atom. The van der Waals surface area contributed by atoms with E-state index in [0.29, 0.717) is 31.1 Å². The highest BCUT2D eigenvalue weighted by Crippen LogP contribution is 2.22. The molecule has 0 bridgehead atoms. The van der Waals surface area contributed by atoms with E-state index in [9.17, 15) is 9.59 Å². The molecule has 0 aliphatic carbocycles. The Balaban J connectivity index is 1.46. The van der Waals surface area contributed by atoms with Crippen LogP contribution in [0.2, 0.25) is 0 Å². The molecule has 2 aromatic rings. The molecule has 3 rings (SSSR count). The van der Waals surface area contributed by atoms with E-state index in [1.165, 1.54) is 16.9 Å². The first-order chi connectivity index (χ1) is 13.0. The second-order valence-corrected chi connectivity index (χ2v) is 7.98. The Kier molecular flexibility index (Phi) is 6.39. The summed E-state index contributed by atoms with van der Waals surface area (Å²) in [5, 5.41) is 12.6. The molecular weight excluding hydrogens is 362 g/mol. The molecule has 0 atom stereocenters. The molecule has 3 amide bonds. The molecule has 1 aromatic heterocycles. The number of rotatable bonds is 5. The van der Waals surface area contributed by atoms with Crippen molar-refractivity contribution in [2.75, 3.05) is 32.5 Å². The van der Waals surface area contributed by atoms with Crippen LogP contribution in [0.25, 0.3) is 0 Å². The van der Waals surface area contributed by atoms with Gasteiger partial charge in [0, 0.05) is 39.5 Å². The minimum Gasteiger partial charge on any atom is -0.331 e. The van der Waals surface area contributed by atoms with Crippen molar-refractivity contribution in [1.82, 2.24) is 20.0 Å². The fourth-order valence-electron chi connectivity index (χ4n) is 3.12. The van der Waals surface area contributed by atoms with Crippen LogP contribution in [0, 0.1) is 5.92 Å². The smallest absolute Gasteiger partial charge is 0.319 e. The summed E-state index contributed by atoms with van der Waals surface area (Å²) in [5.41, 5.74) is 1.26. The third-order valence-corrected chi connectivity index (χ3v) is 5.58. The summed E-state index contributed by atoms with van der Waals surface area (Å²) in [4.78, 5) is 27.8. The molecule has 1 N–H and O–H groups in total. The van der Waals surface area contributed by atoms with E-state index >= 15 is 0 Å². The van der Waals surface area contributed by atoms with Crippen LogP contribution in [0.4, 0.5) is 9.93 Å². The van der Waals surface area contributed by atoms with E-state index in [4.69, 9.17) is 0 Å². The number of hydrogen-bond acceptors (Lipinski definition) is 5. The molecule has 1 saturated heterocycles. The van der Waals surface area contributed by atoms with Crippen molar-refractivity contribution in [1.29, 1.82) is 0 Å². The number of piperidine rings is 1. The van der Waals surface area contributed by atoms with Gasteiger partial charge in [0.1, 0.15) is 5.01 Å². The van der Waals surface area contributed by atoms with Crippen LogP contribution in [0.15, 0.2) is 30.3 Å². The SMILES string of the molecule is CN(C)C(=O)N1CCC(C(=O)Nc2nnc(CCc3ccccc3)s2)CC1. The molecule has 1 aromatic carbocycles. The number of carbonyl (C=O) groups excluding carboxylic acids is 2. The van der Waals surface area contributed by atoms with E-state index in [2.05, 4.69) is 27.6 Å². The maximum atomic E-state index is 12.5. The van der Waals surface area contributed by atoms with Crippen molar-refractivity contribution in [3.63, 3.8) is 0 Å². The number of carbonyl (C=O) groups is 2. The summed E-state index contributed by atoms with van der Waals surface area (Å²) in [6.45, 7) is 1.21. The number of hydrogen-bond donors (Lipinski definition) is 1. The van der Waals surface area contributed by atoms with Crippen LogP contribution in [0.5, 0.6) is 0 Å². The average Bonchev–Trinajstić information content (AvgIpc) is 3.14. The molecule has 1 aliphatic rings. The zero-order valence-corrected chi connectivity index (χ0v) is 16.5. The number of likely N-dealkylation sites (tertiary alicyclic amines) is 1. The van der Waals surface area contributed by atoms with Gasteiger partial charge in [-0.15, -0.1) is 10.2 Å². The van der Waals surface area contributed by atoms with Crippen molar-refractivity contribution in [3.05, 3.63) is 40.9 Å². The van der Waals surface area contributed by atoms with Crippen LogP contribution in [-0.4, -0.2) is 59.1 Å². The van der Waals surface area contributed by atoms with Gasteiger partial charge in [-0.25, -0.2) is 4.79 Å². The first-order valence-corrected chi connectivity index (χ1v) is 9.98. The predicted molar refractivity (Wildman–Crippen MR) is 106 cm³/mol. The van der Waals surface area contributed by atoms with Gasteiger partial charge in [-0.1, -0.05) is 41.7 Å². The Hall–Kier alpha value is -2.48. The van der Waals surface area contributed by atoms with Crippen molar-refractivity contribution >= 4 is 28.4 Å². The summed E-state index contributed by atoms with van der Waals surface area (Å²) in [7, 11) is 3.48. The molecule has 1 fully saturated rings. The molecule has 2 heterocycles. The van der Waals surface area contributed by atoms with Crippen LogP contribution in [-0.2, 0) is 17.6 Å². The van der Waals surface area contributed by atoms with E-state index in [-0.39, 0.29) is 17.9 Å². The molecule has 8 heteroatoms. The van der Waals surface area contributed by atoms with Gasteiger partial charge in [0.25, 0.3) is 0 Å². The predicted octanol–water partition coefficient (Wildman–Crippen LogP) is 2.66. The lowest BCUT2D eigenvalue weighted by atomic mass is 9.96. The van der Waals surface area contributed by atoms with Gasteiger partial charge in [0.15, 0.2) is 0 Å². The Morgan fingerprint density at radius 1 is 1.15 bits per heavy atom. The maximum Gasteiger partial charge on any atom is 0.319 e. The quantitative estimate of drug-likeness (QED) is 0.855. The number of aryl methyl sites for hydroxylation is 2. The zero-order chi connectivity index (χ0) is 19.2. The van der Waals surface area contributed by atoms with Gasteiger partial charge in [0.2, 0.25) is 11.0 Å². The molecule has 0 radical (unpaired) electrons. The number of aromatic nitrogens is 2. The standard InChI is InChI=1S/C19H25N5O2S/c1-23(2)19(26)24-12-10-15(11-13-24)17(25)20-18-22-21-16(27-18)9-8-14-6-4-3-5-7-14/h3-7,15H,8-13H2,1-2H3,(H,20,22,25). The number of amides is 3. The van der Waals surface area contributed by atoms with Gasteiger partial charge in [0.05, 0.1) is 0 Å². The molecule has 0 spiro atoms. The molecular formula is C19H25N5O2S. The lowest BCUT2D eigenvalue weighted by molar-refractivity contribution is -0.121. The Morgan fingerprint density at radius 2 is 1.85 bits per heavy atom. The van der Waals surface area contributed by atoms with E-state index in [1.54, 1.807) is 23.9 Å². The fourth-order valence-corrected chi connectivity index (χ4v) is 3.87. The minimum absolute atomic E-state index is 0.000963. The number of anilines is 1. The van der Waals surface area contributed by atoms with Gasteiger partial charge in [-0.05, 0) is 24.8 Å².